The SMILES string of the molecule is CC(=NNC(=O)CCCC(=O)NN=C(C)c1cccc(NC(=O)c2ccc(Cl)cc2Cl)c1)c1cccc(NC(=O)c2ccc(Cl)cc2Cl)c1. The largest absolute Gasteiger partial charge is 0.322 e. The fraction of sp³-hybridized carbons (Fsp3) is 0.143. The summed E-state index contributed by atoms with van der Waals surface area (Å²) in [7, 11) is 0. The van der Waals surface area contributed by atoms with Crippen molar-refractivity contribution in [3.05, 3.63) is 127 Å². The maximum atomic E-state index is 12.7. The first kappa shape index (κ1) is 37.1. The number of benzene rings is 4. The van der Waals surface area contributed by atoms with Crippen LogP contribution in [0.3, 0.4) is 0 Å². The second kappa shape index (κ2) is 17.6. The Labute approximate surface area is 302 Å². The monoisotopic (exact) mass is 738 g/mol. The Balaban J connectivity index is 1.22. The van der Waals surface area contributed by atoms with Crippen LogP contribution in [-0.4, -0.2) is 35.1 Å². The third-order valence-electron chi connectivity index (χ3n) is 6.93. The van der Waals surface area contributed by atoms with Gasteiger partial charge in [-0.15, -0.1) is 0 Å². The summed E-state index contributed by atoms with van der Waals surface area (Å²) in [5.41, 5.74) is 8.92. The van der Waals surface area contributed by atoms with Gasteiger partial charge >= 0.3 is 0 Å². The molecule has 14 heteroatoms. The van der Waals surface area contributed by atoms with Crippen LogP contribution in [0.25, 0.3) is 0 Å². The first-order valence-corrected chi connectivity index (χ1v) is 16.3. The van der Waals surface area contributed by atoms with E-state index in [-0.39, 0.29) is 52.2 Å². The molecule has 0 heterocycles. The third kappa shape index (κ3) is 11.2. The van der Waals surface area contributed by atoms with Crippen LogP contribution in [0.4, 0.5) is 11.4 Å². The van der Waals surface area contributed by atoms with E-state index < -0.39 is 11.8 Å². The third-order valence-corrected chi connectivity index (χ3v) is 8.03. The maximum absolute atomic E-state index is 12.7. The second-order valence-electron chi connectivity index (χ2n) is 10.6. The number of hydrazone groups is 2. The van der Waals surface area contributed by atoms with Gasteiger partial charge in [-0.2, -0.15) is 10.2 Å². The van der Waals surface area contributed by atoms with Crippen LogP contribution in [0, 0.1) is 0 Å². The molecule has 0 unspecified atom stereocenters. The zero-order valence-electron chi connectivity index (χ0n) is 26.2. The molecule has 4 amide bonds. The number of anilines is 2. The van der Waals surface area contributed by atoms with Crippen molar-refractivity contribution in [1.29, 1.82) is 0 Å². The van der Waals surface area contributed by atoms with Gasteiger partial charge in [-0.25, -0.2) is 10.9 Å². The molecule has 0 spiro atoms. The zero-order valence-corrected chi connectivity index (χ0v) is 29.3. The lowest BCUT2D eigenvalue weighted by atomic mass is 10.1. The van der Waals surface area contributed by atoms with Crippen molar-refractivity contribution in [3.8, 4) is 0 Å². The Morgan fingerprint density at radius 1 is 0.571 bits per heavy atom. The number of nitrogens with one attached hydrogen (secondary N) is 4. The number of amides is 4. The Morgan fingerprint density at radius 2 is 0.980 bits per heavy atom. The lowest BCUT2D eigenvalue weighted by molar-refractivity contribution is -0.122. The van der Waals surface area contributed by atoms with Crippen molar-refractivity contribution in [2.45, 2.75) is 33.1 Å². The molecule has 4 aromatic carbocycles. The van der Waals surface area contributed by atoms with Gasteiger partial charge in [0.05, 0.1) is 32.6 Å². The molecular weight excluding hydrogens is 710 g/mol. The van der Waals surface area contributed by atoms with Crippen LogP contribution in [0.2, 0.25) is 20.1 Å². The first-order chi connectivity index (χ1) is 23.4. The second-order valence-corrected chi connectivity index (χ2v) is 12.3. The van der Waals surface area contributed by atoms with Crippen LogP contribution in [0.1, 0.15) is 65.0 Å². The van der Waals surface area contributed by atoms with Crippen molar-refractivity contribution >= 4 is 92.8 Å². The average Bonchev–Trinajstić information content (AvgIpc) is 3.06. The van der Waals surface area contributed by atoms with E-state index in [0.717, 1.165) is 0 Å². The van der Waals surface area contributed by atoms with E-state index >= 15 is 0 Å². The van der Waals surface area contributed by atoms with Gasteiger partial charge < -0.3 is 10.6 Å². The number of carbonyl (C=O) groups is 4. The molecule has 0 saturated carbocycles. The first-order valence-electron chi connectivity index (χ1n) is 14.8. The fourth-order valence-corrected chi connectivity index (χ4v) is 5.32. The summed E-state index contributed by atoms with van der Waals surface area (Å²) in [5, 5.41) is 15.2. The van der Waals surface area contributed by atoms with Crippen molar-refractivity contribution in [2.75, 3.05) is 10.6 Å². The van der Waals surface area contributed by atoms with E-state index in [1.807, 2.05) is 0 Å². The Kier molecular flexibility index (Phi) is 13.3. The van der Waals surface area contributed by atoms with Gasteiger partial charge in [-0.3, -0.25) is 19.2 Å². The van der Waals surface area contributed by atoms with Gasteiger partial charge in [0.1, 0.15) is 0 Å². The molecule has 252 valence electrons. The average molecular weight is 740 g/mol. The molecule has 0 atom stereocenters. The predicted octanol–water partition coefficient (Wildman–Crippen LogP) is 8.36. The van der Waals surface area contributed by atoms with Crippen molar-refractivity contribution in [2.24, 2.45) is 10.2 Å². The highest BCUT2D eigenvalue weighted by molar-refractivity contribution is 6.38. The molecule has 0 fully saturated rings. The van der Waals surface area contributed by atoms with E-state index in [2.05, 4.69) is 31.7 Å². The summed E-state index contributed by atoms with van der Waals surface area (Å²) in [4.78, 5) is 50.0. The number of carbonyl (C=O) groups excluding carboxylic acids is 4. The summed E-state index contributed by atoms with van der Waals surface area (Å²) in [5.74, 6) is -1.54. The fourth-order valence-electron chi connectivity index (χ4n) is 4.33. The molecule has 10 nitrogen and oxygen atoms in total. The summed E-state index contributed by atoms with van der Waals surface area (Å²) in [6, 6.07) is 23.1. The highest BCUT2D eigenvalue weighted by Gasteiger charge is 2.13. The van der Waals surface area contributed by atoms with Gasteiger partial charge in [-0.1, -0.05) is 70.7 Å². The number of rotatable bonds is 12. The van der Waals surface area contributed by atoms with Crippen LogP contribution >= 0.6 is 46.4 Å². The molecule has 4 aromatic rings. The predicted molar refractivity (Wildman–Crippen MR) is 196 cm³/mol. The van der Waals surface area contributed by atoms with Gasteiger partial charge in [-0.05, 0) is 92.1 Å². The number of halogens is 4. The van der Waals surface area contributed by atoms with Crippen LogP contribution in [0.5, 0.6) is 0 Å². The molecule has 0 aliphatic heterocycles. The molecule has 0 aliphatic rings. The Bertz CT molecular complexity index is 1830. The molecule has 0 aliphatic carbocycles. The van der Waals surface area contributed by atoms with Gasteiger partial charge in [0.2, 0.25) is 11.8 Å². The highest BCUT2D eigenvalue weighted by atomic mass is 35.5. The standard InChI is InChI=1S/C35H30Cl4N6O4/c1-20(22-6-3-8-26(16-22)40-34(48)28-14-12-24(36)18-30(28)38)42-44-32(46)10-5-11-33(47)45-43-21(2)23-7-4-9-27(17-23)41-35(49)29-15-13-25(37)19-31(29)39/h3-4,6-9,12-19H,5,10-11H2,1-2H3,(H,40,48)(H,41,49)(H,44,46)(H,45,47). The maximum Gasteiger partial charge on any atom is 0.257 e. The molecular formula is C35H30Cl4N6O4. The van der Waals surface area contributed by atoms with Gasteiger partial charge in [0.25, 0.3) is 11.8 Å². The van der Waals surface area contributed by atoms with Gasteiger partial charge in [0, 0.05) is 34.3 Å². The lowest BCUT2D eigenvalue weighted by Gasteiger charge is -2.09. The summed E-state index contributed by atoms with van der Waals surface area (Å²) < 4.78 is 0. The minimum atomic E-state index is -0.400. The van der Waals surface area contributed by atoms with Crippen molar-refractivity contribution < 1.29 is 19.2 Å². The number of hydrogen-bond donors (Lipinski definition) is 4. The van der Waals surface area contributed by atoms with E-state index in [1.54, 1.807) is 74.5 Å². The van der Waals surface area contributed by atoms with E-state index in [4.69, 9.17) is 46.4 Å². The molecule has 49 heavy (non-hydrogen) atoms. The quantitative estimate of drug-likeness (QED) is 0.0856. The summed E-state index contributed by atoms with van der Waals surface area (Å²) >= 11 is 24.1. The van der Waals surface area contributed by atoms with E-state index in [1.165, 1.54) is 24.3 Å². The van der Waals surface area contributed by atoms with Crippen LogP contribution in [-0.2, 0) is 9.59 Å². The number of hydrogen-bond acceptors (Lipinski definition) is 6. The minimum absolute atomic E-state index is 0.0597. The van der Waals surface area contributed by atoms with E-state index in [9.17, 15) is 19.2 Å². The van der Waals surface area contributed by atoms with E-state index in [0.29, 0.717) is 44.0 Å². The molecule has 0 radical (unpaired) electrons. The van der Waals surface area contributed by atoms with Crippen molar-refractivity contribution in [3.63, 3.8) is 0 Å². The molecule has 4 N–H and O–H groups in total. The molecule has 0 saturated heterocycles. The number of nitrogens with zero attached hydrogens (tertiary/aromatic N) is 2. The van der Waals surface area contributed by atoms with Crippen LogP contribution < -0.4 is 21.5 Å². The Hall–Kier alpha value is -4.74. The minimum Gasteiger partial charge on any atom is -0.322 e. The molecule has 0 bridgehead atoms. The lowest BCUT2D eigenvalue weighted by Crippen LogP contribution is -2.22. The Morgan fingerprint density at radius 3 is 1.37 bits per heavy atom. The highest BCUT2D eigenvalue weighted by Crippen LogP contribution is 2.24. The molecule has 4 rings (SSSR count). The zero-order chi connectivity index (χ0) is 35.5. The summed E-state index contributed by atoms with van der Waals surface area (Å²) in [6.45, 7) is 3.42. The van der Waals surface area contributed by atoms with Gasteiger partial charge in [0.15, 0.2) is 0 Å². The topological polar surface area (TPSA) is 141 Å². The molecule has 0 aromatic heterocycles. The summed E-state index contributed by atoms with van der Waals surface area (Å²) in [6.07, 6.45) is 0.388. The normalized spacial score (nSPS) is 11.5. The smallest absolute Gasteiger partial charge is 0.257 e. The van der Waals surface area contributed by atoms with Crippen molar-refractivity contribution in [1.82, 2.24) is 10.9 Å². The van der Waals surface area contributed by atoms with Crippen LogP contribution in [0.15, 0.2) is 95.1 Å².